The maximum absolute atomic E-state index is 14.3. The lowest BCUT2D eigenvalue weighted by Crippen LogP contribution is -2.42. The second-order valence-electron chi connectivity index (χ2n) is 7.58. The monoisotopic (exact) mass is 375 g/mol. The Bertz CT molecular complexity index is 934. The second kappa shape index (κ2) is 6.71. The van der Waals surface area contributed by atoms with Crippen LogP contribution in [0.25, 0.3) is 0 Å². The summed E-state index contributed by atoms with van der Waals surface area (Å²) in [7, 11) is 1.46. The van der Waals surface area contributed by atoms with Crippen LogP contribution < -0.4 is 10.3 Å². The van der Waals surface area contributed by atoms with Gasteiger partial charge in [-0.3, -0.25) is 9.69 Å². The summed E-state index contributed by atoms with van der Waals surface area (Å²) in [5.41, 5.74) is 1.91. The first kappa shape index (κ1) is 18.1. The first-order valence-corrected chi connectivity index (χ1v) is 9.27. The van der Waals surface area contributed by atoms with Gasteiger partial charge in [-0.2, -0.15) is 0 Å². The van der Waals surface area contributed by atoms with Gasteiger partial charge in [-0.05, 0) is 57.8 Å². The summed E-state index contributed by atoms with van der Waals surface area (Å²) in [6.07, 6.45) is 3.39. The lowest BCUT2D eigenvalue weighted by atomic mass is 9.76. The van der Waals surface area contributed by atoms with Gasteiger partial charge in [0.2, 0.25) is 0 Å². The van der Waals surface area contributed by atoms with Gasteiger partial charge < -0.3 is 9.72 Å². The fraction of sp³-hybridized carbons (Fsp3) is 0.500. The molecule has 1 spiro atoms. The Balaban J connectivity index is 1.54. The molecule has 0 amide bonds. The molecule has 2 aromatic rings. The van der Waals surface area contributed by atoms with Crippen LogP contribution in [0.3, 0.4) is 0 Å². The fourth-order valence-corrected chi connectivity index (χ4v) is 4.53. The molecule has 0 saturated carbocycles. The van der Waals surface area contributed by atoms with Crippen LogP contribution in [0.1, 0.15) is 41.9 Å². The largest absolute Gasteiger partial charge is 0.496 e. The number of aryl methyl sites for hydroxylation is 1. The minimum Gasteiger partial charge on any atom is -0.496 e. The molecule has 0 radical (unpaired) electrons. The predicted octanol–water partition coefficient (Wildman–Crippen LogP) is 2.85. The van der Waals surface area contributed by atoms with Crippen LogP contribution in [0.2, 0.25) is 0 Å². The average Bonchev–Trinajstić information content (AvgIpc) is 3.00. The van der Waals surface area contributed by atoms with Crippen LogP contribution >= 0.6 is 0 Å². The zero-order chi connectivity index (χ0) is 19.2. The quantitative estimate of drug-likeness (QED) is 0.896. The van der Waals surface area contributed by atoms with Crippen molar-refractivity contribution in [3.05, 3.63) is 56.8 Å². The van der Waals surface area contributed by atoms with Crippen molar-refractivity contribution in [3.8, 4) is 5.75 Å². The fourth-order valence-electron chi connectivity index (χ4n) is 4.53. The van der Waals surface area contributed by atoms with Crippen molar-refractivity contribution in [1.82, 2.24) is 14.9 Å². The Morgan fingerprint density at radius 2 is 2.00 bits per heavy atom. The molecule has 1 aliphatic heterocycles. The zero-order valence-corrected chi connectivity index (χ0v) is 15.6. The number of rotatable bonds is 3. The molecule has 1 saturated heterocycles. The van der Waals surface area contributed by atoms with Gasteiger partial charge in [0.15, 0.2) is 11.6 Å². The van der Waals surface area contributed by atoms with E-state index in [4.69, 9.17) is 4.74 Å². The van der Waals surface area contributed by atoms with E-state index in [1.165, 1.54) is 13.2 Å². The SMILES string of the molecule is COc1ccc(F)c(F)c1CN1CCC2(CCc3c2nc(C)[nH]c3=O)CC1. The molecular weight excluding hydrogens is 352 g/mol. The van der Waals surface area contributed by atoms with E-state index in [-0.39, 0.29) is 16.5 Å². The highest BCUT2D eigenvalue weighted by atomic mass is 19.2. The molecule has 1 aliphatic carbocycles. The van der Waals surface area contributed by atoms with Crippen LogP contribution in [0.4, 0.5) is 8.78 Å². The summed E-state index contributed by atoms with van der Waals surface area (Å²) in [6.45, 7) is 3.59. The van der Waals surface area contributed by atoms with Gasteiger partial charge >= 0.3 is 0 Å². The molecule has 0 bridgehead atoms. The number of hydrogen-bond donors (Lipinski definition) is 1. The molecular formula is C20H23F2N3O2. The molecule has 1 N–H and O–H groups in total. The summed E-state index contributed by atoms with van der Waals surface area (Å²) < 4.78 is 33.1. The number of nitrogens with zero attached hydrogens (tertiary/aromatic N) is 2. The number of ether oxygens (including phenoxy) is 1. The molecule has 4 rings (SSSR count). The minimum absolute atomic E-state index is 0.0247. The number of piperidine rings is 1. The number of methoxy groups -OCH3 is 1. The van der Waals surface area contributed by atoms with Gasteiger partial charge in [-0.25, -0.2) is 13.8 Å². The molecule has 7 heteroatoms. The van der Waals surface area contributed by atoms with Crippen LogP contribution in [-0.4, -0.2) is 35.1 Å². The molecule has 1 fully saturated rings. The van der Waals surface area contributed by atoms with Crippen molar-refractivity contribution in [3.63, 3.8) is 0 Å². The van der Waals surface area contributed by atoms with Crippen molar-refractivity contribution in [2.24, 2.45) is 0 Å². The van der Waals surface area contributed by atoms with Gasteiger partial charge in [-0.1, -0.05) is 0 Å². The minimum atomic E-state index is -0.858. The third kappa shape index (κ3) is 3.04. The molecule has 27 heavy (non-hydrogen) atoms. The highest BCUT2D eigenvalue weighted by molar-refractivity contribution is 5.36. The Hall–Kier alpha value is -2.28. The Morgan fingerprint density at radius 3 is 2.70 bits per heavy atom. The van der Waals surface area contributed by atoms with Gasteiger partial charge in [0.05, 0.1) is 12.8 Å². The molecule has 1 aromatic heterocycles. The van der Waals surface area contributed by atoms with Gasteiger partial charge in [0.1, 0.15) is 11.6 Å². The highest BCUT2D eigenvalue weighted by Crippen LogP contribution is 2.44. The van der Waals surface area contributed by atoms with E-state index in [2.05, 4.69) is 14.9 Å². The van der Waals surface area contributed by atoms with Crippen LogP contribution in [0.5, 0.6) is 5.75 Å². The second-order valence-corrected chi connectivity index (χ2v) is 7.58. The third-order valence-electron chi connectivity index (χ3n) is 6.06. The normalized spacial score (nSPS) is 18.7. The van der Waals surface area contributed by atoms with E-state index < -0.39 is 11.6 Å². The number of halogens is 2. The van der Waals surface area contributed by atoms with Crippen molar-refractivity contribution in [1.29, 1.82) is 0 Å². The summed E-state index contributed by atoms with van der Waals surface area (Å²) >= 11 is 0. The van der Waals surface area contributed by atoms with Crippen LogP contribution in [0.15, 0.2) is 16.9 Å². The molecule has 2 heterocycles. The Morgan fingerprint density at radius 1 is 1.26 bits per heavy atom. The molecule has 2 aliphatic rings. The Labute approximate surface area is 156 Å². The van der Waals surface area contributed by atoms with E-state index >= 15 is 0 Å². The molecule has 144 valence electrons. The number of aromatic nitrogens is 2. The van der Waals surface area contributed by atoms with E-state index in [0.29, 0.717) is 18.1 Å². The van der Waals surface area contributed by atoms with E-state index in [1.807, 2.05) is 6.92 Å². The van der Waals surface area contributed by atoms with Crippen LogP contribution in [-0.2, 0) is 18.4 Å². The van der Waals surface area contributed by atoms with Crippen molar-refractivity contribution < 1.29 is 13.5 Å². The summed E-state index contributed by atoms with van der Waals surface area (Å²) in [5, 5.41) is 0. The summed E-state index contributed by atoms with van der Waals surface area (Å²) in [5.74, 6) is -0.689. The van der Waals surface area contributed by atoms with Crippen molar-refractivity contribution >= 4 is 0 Å². The number of aromatic amines is 1. The first-order valence-electron chi connectivity index (χ1n) is 9.27. The number of likely N-dealkylation sites (tertiary alicyclic amines) is 1. The van der Waals surface area contributed by atoms with Gasteiger partial charge in [0.25, 0.3) is 5.56 Å². The third-order valence-corrected chi connectivity index (χ3v) is 6.06. The lowest BCUT2D eigenvalue weighted by Gasteiger charge is -2.39. The molecule has 5 nitrogen and oxygen atoms in total. The number of hydrogen-bond acceptors (Lipinski definition) is 4. The average molecular weight is 375 g/mol. The summed E-state index contributed by atoms with van der Waals surface area (Å²) in [6, 6.07) is 2.55. The molecule has 0 unspecified atom stereocenters. The van der Waals surface area contributed by atoms with Crippen molar-refractivity contribution in [2.75, 3.05) is 20.2 Å². The van der Waals surface area contributed by atoms with Gasteiger partial charge in [0, 0.05) is 23.1 Å². The first-order chi connectivity index (χ1) is 12.9. The van der Waals surface area contributed by atoms with E-state index in [1.54, 1.807) is 0 Å². The van der Waals surface area contributed by atoms with E-state index in [0.717, 1.165) is 56.1 Å². The standard InChI is InChI=1S/C20H23F2N3O2/c1-12-23-18-13(19(26)24-12)5-6-20(18)7-9-25(10-8-20)11-14-16(27-2)4-3-15(21)17(14)22/h3-4H,5-11H2,1-2H3,(H,23,24,26). The van der Waals surface area contributed by atoms with E-state index in [9.17, 15) is 13.6 Å². The maximum atomic E-state index is 14.3. The number of nitrogens with one attached hydrogen (secondary N) is 1. The smallest absolute Gasteiger partial charge is 0.254 e. The van der Waals surface area contributed by atoms with Gasteiger partial charge in [-0.15, -0.1) is 0 Å². The van der Waals surface area contributed by atoms with Crippen LogP contribution in [0, 0.1) is 18.6 Å². The zero-order valence-electron chi connectivity index (χ0n) is 15.6. The lowest BCUT2D eigenvalue weighted by molar-refractivity contribution is 0.147. The molecule has 1 aromatic carbocycles. The van der Waals surface area contributed by atoms with Crippen molar-refractivity contribution in [2.45, 2.75) is 44.6 Å². The number of H-pyrrole nitrogens is 1. The highest BCUT2D eigenvalue weighted by Gasteiger charge is 2.43. The number of fused-ring (bicyclic) bond motifs is 2. The molecule has 0 atom stereocenters. The summed E-state index contributed by atoms with van der Waals surface area (Å²) in [4.78, 5) is 21.8. The maximum Gasteiger partial charge on any atom is 0.254 e. The number of benzene rings is 1. The topological polar surface area (TPSA) is 58.2 Å². The Kier molecular flexibility index (Phi) is 4.50. The predicted molar refractivity (Wildman–Crippen MR) is 97.0 cm³/mol.